The number of likely N-dealkylation sites (tertiary alicyclic amines) is 1. The zero-order valence-electron chi connectivity index (χ0n) is 24.4. The summed E-state index contributed by atoms with van der Waals surface area (Å²) in [6, 6.07) is 1.50. The molecule has 1 aromatic rings. The van der Waals surface area contributed by atoms with Gasteiger partial charge in [0, 0.05) is 31.0 Å². The van der Waals surface area contributed by atoms with Gasteiger partial charge in [0.1, 0.15) is 6.04 Å². The zero-order chi connectivity index (χ0) is 30.4. The minimum Gasteiger partial charge on any atom is -0.340 e. The molecule has 39 heavy (non-hydrogen) atoms. The van der Waals surface area contributed by atoms with Crippen LogP contribution in [-0.2, 0) is 27.2 Å². The molecule has 0 radical (unpaired) electrons. The van der Waals surface area contributed by atoms with E-state index < -0.39 is 30.6 Å². The topological polar surface area (TPSA) is 115 Å². The first-order valence-electron chi connectivity index (χ1n) is 13.3. The molecule has 0 spiro atoms. The molecular formula is C28H44F3N5O3. The number of fused-ring (bicyclic) bond motifs is 1. The first-order valence-corrected chi connectivity index (χ1v) is 13.3. The molecule has 3 rings (SSSR count). The highest BCUT2D eigenvalue weighted by Gasteiger charge is 2.41. The zero-order valence-corrected chi connectivity index (χ0v) is 24.4. The predicted molar refractivity (Wildman–Crippen MR) is 144 cm³/mol. The molecule has 2 N–H and O–H groups in total. The minimum atomic E-state index is -4.95. The van der Waals surface area contributed by atoms with Crippen molar-refractivity contribution < 1.29 is 27.6 Å². The largest absolute Gasteiger partial charge is 0.471 e. The molecule has 1 unspecified atom stereocenters. The molecule has 1 aromatic heterocycles. The van der Waals surface area contributed by atoms with Gasteiger partial charge in [-0.05, 0) is 47.6 Å². The Morgan fingerprint density at radius 1 is 1.23 bits per heavy atom. The first kappa shape index (κ1) is 35.8. The molecule has 220 valence electrons. The van der Waals surface area contributed by atoms with E-state index in [1.54, 1.807) is 11.5 Å². The summed E-state index contributed by atoms with van der Waals surface area (Å²) in [4.78, 5) is 38.2. The van der Waals surface area contributed by atoms with Gasteiger partial charge in [0.25, 0.3) is 0 Å². The van der Waals surface area contributed by atoms with E-state index in [2.05, 4.69) is 37.1 Å². The van der Waals surface area contributed by atoms with Crippen LogP contribution in [0.1, 0.15) is 84.5 Å². The van der Waals surface area contributed by atoms with Crippen LogP contribution in [0.5, 0.6) is 0 Å². The molecule has 2 heterocycles. The molecule has 1 aliphatic carbocycles. The molecule has 2 aliphatic rings. The number of nitrogens with one attached hydrogen (secondary N) is 2. The second kappa shape index (κ2) is 16.7. The van der Waals surface area contributed by atoms with Gasteiger partial charge in [-0.2, -0.15) is 18.4 Å². The molecule has 0 saturated carbocycles. The summed E-state index contributed by atoms with van der Waals surface area (Å²) in [5.41, 5.74) is 3.19. The van der Waals surface area contributed by atoms with E-state index in [0.717, 1.165) is 30.7 Å². The molecule has 8 nitrogen and oxygen atoms in total. The maximum atomic E-state index is 11.9. The van der Waals surface area contributed by atoms with Crippen LogP contribution in [0.2, 0.25) is 0 Å². The second-order valence-electron chi connectivity index (χ2n) is 10.6. The maximum Gasteiger partial charge on any atom is 0.471 e. The van der Waals surface area contributed by atoms with Gasteiger partial charge in [-0.1, -0.05) is 55.4 Å². The van der Waals surface area contributed by atoms with Crippen LogP contribution in [0.25, 0.3) is 0 Å². The monoisotopic (exact) mass is 555 g/mol. The molecule has 1 saturated heterocycles. The Morgan fingerprint density at radius 2 is 1.82 bits per heavy atom. The van der Waals surface area contributed by atoms with Crippen molar-refractivity contribution in [3.05, 3.63) is 29.1 Å². The van der Waals surface area contributed by atoms with E-state index in [-0.39, 0.29) is 11.3 Å². The van der Waals surface area contributed by atoms with Gasteiger partial charge in [-0.15, -0.1) is 0 Å². The van der Waals surface area contributed by atoms with Crippen molar-refractivity contribution in [3.8, 4) is 6.07 Å². The fraction of sp³-hybridized carbons (Fsp3) is 0.679. The summed E-state index contributed by atoms with van der Waals surface area (Å²) in [5, 5.41) is 13.0. The molecule has 0 bridgehead atoms. The molecule has 11 heteroatoms. The second-order valence-corrected chi connectivity index (χ2v) is 10.6. The van der Waals surface area contributed by atoms with E-state index in [0.29, 0.717) is 19.5 Å². The summed E-state index contributed by atoms with van der Waals surface area (Å²) in [6.07, 6.45) is 2.24. The van der Waals surface area contributed by atoms with Crippen LogP contribution in [0.3, 0.4) is 0 Å². The predicted octanol–water partition coefficient (Wildman–Crippen LogP) is 4.74. The van der Waals surface area contributed by atoms with Gasteiger partial charge in [-0.25, -0.2) is 0 Å². The van der Waals surface area contributed by atoms with Crippen LogP contribution in [0.15, 0.2) is 12.4 Å². The Balaban J connectivity index is 0.000000622. The van der Waals surface area contributed by atoms with Crippen LogP contribution < -0.4 is 10.6 Å². The van der Waals surface area contributed by atoms with E-state index in [1.165, 1.54) is 16.0 Å². The van der Waals surface area contributed by atoms with Crippen molar-refractivity contribution in [2.75, 3.05) is 19.6 Å². The van der Waals surface area contributed by atoms with E-state index in [1.807, 2.05) is 40.8 Å². The Labute approximate surface area is 230 Å². The Bertz CT molecular complexity index is 971. The lowest BCUT2D eigenvalue weighted by Gasteiger charge is -2.22. The van der Waals surface area contributed by atoms with Crippen molar-refractivity contribution >= 4 is 18.2 Å². The lowest BCUT2D eigenvalue weighted by Crippen LogP contribution is -2.44. The number of aromatic nitrogens is 1. The van der Waals surface area contributed by atoms with Gasteiger partial charge in [0.15, 0.2) is 0 Å². The Kier molecular flexibility index (Phi) is 15.4. The lowest BCUT2D eigenvalue weighted by molar-refractivity contribution is -0.174. The number of aryl methyl sites for hydroxylation is 1. The average molecular weight is 556 g/mol. The van der Waals surface area contributed by atoms with E-state index in [4.69, 9.17) is 5.26 Å². The third kappa shape index (κ3) is 12.1. The number of rotatable bonds is 5. The molecule has 1 aliphatic heterocycles. The van der Waals surface area contributed by atoms with Crippen molar-refractivity contribution in [1.82, 2.24) is 20.5 Å². The molecule has 1 fully saturated rings. The van der Waals surface area contributed by atoms with Gasteiger partial charge < -0.3 is 15.5 Å². The molecule has 2 atom stereocenters. The number of amides is 3. The number of pyridine rings is 1. The number of carbonyl (C=O) groups is 3. The van der Waals surface area contributed by atoms with Gasteiger partial charge in [-0.3, -0.25) is 19.4 Å². The number of hydrogen-bond acceptors (Lipinski definition) is 5. The number of hydrogen-bond donors (Lipinski definition) is 2. The van der Waals surface area contributed by atoms with Crippen molar-refractivity contribution in [3.63, 3.8) is 0 Å². The van der Waals surface area contributed by atoms with Gasteiger partial charge in [0.05, 0.1) is 12.6 Å². The summed E-state index contributed by atoms with van der Waals surface area (Å²) >= 11 is 0. The molecular weight excluding hydrogens is 511 g/mol. The van der Waals surface area contributed by atoms with Crippen LogP contribution in [0.4, 0.5) is 13.2 Å². The standard InChI is InChI=1S/C11H17F3N2O2.C11H11N3O.C4H10.C2H6/c1-7-5-16(6-10(7,2)3)8(17)4-15-9(18)11(12,13)14;12-4-11(14-7-15)10-6-13-5-8-2-1-3-9(8)10;1-4(2)3;1-2/h7H,4-6H2,1-3H3,(H,15,18);5-7,11H,1-3H2,(H,14,15);4H,1-3H3;1-2H3/t7-;;;/m0.../s1. The van der Waals surface area contributed by atoms with Crippen LogP contribution in [0, 0.1) is 28.6 Å². The Morgan fingerprint density at radius 3 is 2.28 bits per heavy atom. The number of halogens is 3. The molecule has 0 aromatic carbocycles. The van der Waals surface area contributed by atoms with Crippen molar-refractivity contribution in [2.45, 2.75) is 86.9 Å². The summed E-state index contributed by atoms with van der Waals surface area (Å²) in [7, 11) is 0. The number of alkyl halides is 3. The summed E-state index contributed by atoms with van der Waals surface area (Å²) in [5.74, 6) is -1.45. The third-order valence-electron chi connectivity index (χ3n) is 6.16. The smallest absolute Gasteiger partial charge is 0.340 e. The highest BCUT2D eigenvalue weighted by Crippen LogP contribution is 2.34. The normalized spacial score (nSPS) is 17.5. The molecule has 3 amide bonds. The van der Waals surface area contributed by atoms with Crippen LogP contribution in [-0.4, -0.2) is 53.9 Å². The quantitative estimate of drug-likeness (QED) is 0.510. The van der Waals surface area contributed by atoms with E-state index in [9.17, 15) is 27.6 Å². The summed E-state index contributed by atoms with van der Waals surface area (Å²) < 4.78 is 35.8. The van der Waals surface area contributed by atoms with Crippen molar-refractivity contribution in [1.29, 1.82) is 5.26 Å². The van der Waals surface area contributed by atoms with Crippen molar-refractivity contribution in [2.24, 2.45) is 17.3 Å². The number of nitriles is 1. The maximum absolute atomic E-state index is 11.9. The highest BCUT2D eigenvalue weighted by atomic mass is 19.4. The van der Waals surface area contributed by atoms with E-state index >= 15 is 0 Å². The SMILES string of the molecule is CC.CC(C)C.C[C@H]1CN(C(=O)CNC(=O)C(F)(F)F)CC1(C)C.N#CC(NC=O)c1cncc2c1CCC2. The highest BCUT2D eigenvalue weighted by molar-refractivity contribution is 5.87. The van der Waals surface area contributed by atoms with Crippen LogP contribution >= 0.6 is 0 Å². The first-order chi connectivity index (χ1) is 18.1. The lowest BCUT2D eigenvalue weighted by atomic mass is 9.84. The Hall–Kier alpha value is -3.16. The third-order valence-corrected chi connectivity index (χ3v) is 6.16. The average Bonchev–Trinajstić information content (AvgIpc) is 3.45. The van der Waals surface area contributed by atoms with Gasteiger partial charge >= 0.3 is 12.1 Å². The fourth-order valence-electron chi connectivity index (χ4n) is 3.89. The minimum absolute atomic E-state index is 0.0519. The van der Waals surface area contributed by atoms with Gasteiger partial charge in [0.2, 0.25) is 12.3 Å². The number of carbonyl (C=O) groups excluding carboxylic acids is 3. The fourth-order valence-corrected chi connectivity index (χ4v) is 3.89. The number of nitrogens with zero attached hydrogens (tertiary/aromatic N) is 3. The summed E-state index contributed by atoms with van der Waals surface area (Å²) in [6.45, 7) is 16.9.